The lowest BCUT2D eigenvalue weighted by Gasteiger charge is -2.08. The molecule has 0 saturated heterocycles. The molecule has 0 fully saturated rings. The Morgan fingerprint density at radius 3 is 1.35 bits per heavy atom. The van der Waals surface area contributed by atoms with Gasteiger partial charge in [-0.15, -0.1) is 0 Å². The van der Waals surface area contributed by atoms with Gasteiger partial charge in [0.1, 0.15) is 0 Å². The van der Waals surface area contributed by atoms with Crippen LogP contribution in [0.2, 0.25) is 0 Å². The third-order valence-electron chi connectivity index (χ3n) is 11.7. The topological polar surface area (TPSA) is 65.0 Å². The molecule has 0 saturated carbocycles. The number of rotatable bonds is 3. The summed E-state index contributed by atoms with van der Waals surface area (Å²) < 4.78 is 8.70. The molecule has 0 unspecified atom stereocenters. The molecule has 2 N–H and O–H groups in total. The normalized spacial score (nSPS) is 11.2. The van der Waals surface area contributed by atoms with Crippen LogP contribution in [0, 0.1) is 0 Å². The predicted octanol–water partition coefficient (Wildman–Crippen LogP) is 16.0. The summed E-state index contributed by atoms with van der Waals surface area (Å²) in [7, 11) is 0. The summed E-state index contributed by atoms with van der Waals surface area (Å²) in [5.74, 6) is 0. The van der Waals surface area contributed by atoms with Crippen LogP contribution in [0.4, 0.5) is 5.69 Å². The molecule has 8 heterocycles. The van der Waals surface area contributed by atoms with Crippen LogP contribution in [-0.2, 0) is 0 Å². The summed E-state index contributed by atoms with van der Waals surface area (Å²) in [5.41, 5.74) is 21.2. The van der Waals surface area contributed by atoms with Crippen LogP contribution in [0.5, 0.6) is 0 Å². The fourth-order valence-corrected chi connectivity index (χ4v) is 9.19. The highest BCUT2D eigenvalue weighted by Gasteiger charge is 2.16. The van der Waals surface area contributed by atoms with Gasteiger partial charge in [-0.05, 0) is 97.1 Å². The number of anilines is 1. The van der Waals surface area contributed by atoms with E-state index in [9.17, 15) is 0 Å². The molecule has 0 amide bonds. The molecule has 0 bridgehead atoms. The maximum atomic E-state index is 5.97. The number of nitrogens with two attached hydrogens (primary N) is 1. The Morgan fingerprint density at radius 1 is 0.400 bits per heavy atom. The van der Waals surface area contributed by atoms with E-state index >= 15 is 0 Å². The van der Waals surface area contributed by atoms with E-state index in [0.29, 0.717) is 0 Å². The Bertz CT molecular complexity index is 3600. The minimum absolute atomic E-state index is 0. The quantitative estimate of drug-likeness (QED) is 0.179. The highest BCUT2D eigenvalue weighted by molar-refractivity contribution is 9.10. The number of aromatic nitrogens is 5. The minimum Gasteiger partial charge on any atom is -0.398 e. The first-order valence-electron chi connectivity index (χ1n) is 21.0. The van der Waals surface area contributed by atoms with Crippen molar-refractivity contribution in [3.05, 3.63) is 228 Å². The average Bonchev–Trinajstić information content (AvgIpc) is 4.07. The summed E-state index contributed by atoms with van der Waals surface area (Å²) in [5, 5.41) is 4.86. The van der Waals surface area contributed by atoms with Crippen molar-refractivity contribution in [3.63, 3.8) is 0 Å². The minimum atomic E-state index is 0. The van der Waals surface area contributed by atoms with Crippen LogP contribution in [0.25, 0.3) is 93.8 Å². The van der Waals surface area contributed by atoms with E-state index in [2.05, 4.69) is 209 Å². The van der Waals surface area contributed by atoms with E-state index < -0.39 is 0 Å². The molecule has 0 atom stereocenters. The molecule has 5 aromatic carbocycles. The third kappa shape index (κ3) is 7.81. The van der Waals surface area contributed by atoms with Crippen molar-refractivity contribution in [3.8, 4) is 33.6 Å². The first-order chi connectivity index (χ1) is 31.5. The molecule has 8 heteroatoms. The maximum absolute atomic E-state index is 5.97. The van der Waals surface area contributed by atoms with E-state index in [0.717, 1.165) is 70.3 Å². The Hall–Kier alpha value is -7.52. The fraction of sp³-hybridized carbons (Fsp3) is 0.0175. The van der Waals surface area contributed by atoms with Gasteiger partial charge >= 0.3 is 0 Å². The zero-order valence-electron chi connectivity index (χ0n) is 34.4. The van der Waals surface area contributed by atoms with Crippen LogP contribution in [0.1, 0.15) is 7.43 Å². The van der Waals surface area contributed by atoms with Crippen molar-refractivity contribution in [2.45, 2.75) is 7.43 Å². The molecule has 0 aliphatic carbocycles. The predicted molar refractivity (Wildman–Crippen MR) is 281 cm³/mol. The zero-order valence-corrected chi connectivity index (χ0v) is 37.5. The maximum Gasteiger partial charge on any atom is 0.0956 e. The number of halogens is 2. The van der Waals surface area contributed by atoms with Crippen molar-refractivity contribution >= 4 is 97.7 Å². The number of para-hydroxylation sites is 3. The Morgan fingerprint density at radius 2 is 0.846 bits per heavy atom. The van der Waals surface area contributed by atoms with Gasteiger partial charge < -0.3 is 18.9 Å². The number of nitrogens with zero attached hydrogens (tertiary/aromatic N) is 5. The second kappa shape index (κ2) is 17.6. The molecular weight excluding hydrogens is 928 g/mol. The van der Waals surface area contributed by atoms with Gasteiger partial charge in [0.2, 0.25) is 0 Å². The van der Waals surface area contributed by atoms with Crippen molar-refractivity contribution < 1.29 is 0 Å². The molecule has 0 radical (unpaired) electrons. The summed E-state index contributed by atoms with van der Waals surface area (Å²) >= 11 is 7.03. The molecule has 0 aliphatic heterocycles. The van der Waals surface area contributed by atoms with E-state index in [4.69, 9.17) is 15.7 Å². The van der Waals surface area contributed by atoms with Gasteiger partial charge in [0, 0.05) is 99.8 Å². The second-order valence-corrected chi connectivity index (χ2v) is 17.5. The Balaban J connectivity index is 0.000000117. The van der Waals surface area contributed by atoms with E-state index in [1.807, 2.05) is 54.7 Å². The summed E-state index contributed by atoms with van der Waals surface area (Å²) in [6.07, 6.45) is 8.35. The zero-order chi connectivity index (χ0) is 43.1. The molecule has 6 nitrogen and oxygen atoms in total. The van der Waals surface area contributed by atoms with E-state index in [-0.39, 0.29) is 7.43 Å². The number of hydrogen-bond donors (Lipinski definition) is 1. The molecule has 314 valence electrons. The van der Waals surface area contributed by atoms with Gasteiger partial charge in [-0.2, -0.15) is 0 Å². The highest BCUT2D eigenvalue weighted by atomic mass is 79.9. The van der Waals surface area contributed by atoms with Crippen molar-refractivity contribution in [2.75, 3.05) is 5.73 Å². The number of fused-ring (bicyclic) bond motifs is 11. The first-order valence-corrected chi connectivity index (χ1v) is 22.6. The molecule has 13 rings (SSSR count). The van der Waals surface area contributed by atoms with Gasteiger partial charge in [0.25, 0.3) is 0 Å². The number of nitrogen functional groups attached to an aromatic ring is 1. The highest BCUT2D eigenvalue weighted by Crippen LogP contribution is 2.37. The van der Waals surface area contributed by atoms with Gasteiger partial charge in [-0.25, -0.2) is 9.97 Å². The molecule has 65 heavy (non-hydrogen) atoms. The molecule has 13 aromatic rings. The smallest absolute Gasteiger partial charge is 0.0956 e. The standard InChI is InChI=1S/2C21H13BrN2.C14H12N2.CH4/c2*22-15-10-8-14(9-11-15)20-21-18(13-16-5-3-4-12-24(16)21)17-6-1-2-7-19(17)23-20;15-14-7-2-1-6-13(14)11-9-12-5-3-4-8-16(12)10-11;/h2*1-13H;1-10H,15H2;1H4. The largest absolute Gasteiger partial charge is 0.398 e. The number of benzene rings is 5. The van der Waals surface area contributed by atoms with Crippen molar-refractivity contribution in [1.82, 2.24) is 23.2 Å². The monoisotopic (exact) mass is 968 g/mol. The van der Waals surface area contributed by atoms with Crippen LogP contribution in [-0.4, -0.2) is 23.2 Å². The molecule has 0 aliphatic rings. The number of pyridine rings is 5. The van der Waals surface area contributed by atoms with Gasteiger partial charge in [-0.1, -0.05) is 136 Å². The first kappa shape index (κ1) is 41.5. The number of hydrogen-bond acceptors (Lipinski definition) is 3. The lowest BCUT2D eigenvalue weighted by molar-refractivity contribution is 1.20. The second-order valence-electron chi connectivity index (χ2n) is 15.6. The van der Waals surface area contributed by atoms with Crippen LogP contribution < -0.4 is 5.73 Å². The van der Waals surface area contributed by atoms with Crippen LogP contribution in [0.15, 0.2) is 228 Å². The summed E-state index contributed by atoms with van der Waals surface area (Å²) in [4.78, 5) is 9.98. The average molecular weight is 971 g/mol. The summed E-state index contributed by atoms with van der Waals surface area (Å²) in [6.45, 7) is 0. The molecular formula is C57H42Br2N6. The van der Waals surface area contributed by atoms with E-state index in [1.54, 1.807) is 0 Å². The van der Waals surface area contributed by atoms with Crippen molar-refractivity contribution in [1.29, 1.82) is 0 Å². The molecule has 8 aromatic heterocycles. The van der Waals surface area contributed by atoms with Gasteiger partial charge in [-0.3, -0.25) is 0 Å². The van der Waals surface area contributed by atoms with Gasteiger partial charge in [0.15, 0.2) is 0 Å². The van der Waals surface area contributed by atoms with Crippen LogP contribution in [0.3, 0.4) is 0 Å². The third-order valence-corrected chi connectivity index (χ3v) is 12.7. The summed E-state index contributed by atoms with van der Waals surface area (Å²) in [6, 6.07) is 66.7. The fourth-order valence-electron chi connectivity index (χ4n) is 8.67. The lowest BCUT2D eigenvalue weighted by atomic mass is 10.1. The molecule has 0 spiro atoms. The Labute approximate surface area is 393 Å². The Kier molecular flexibility index (Phi) is 11.2. The SMILES string of the molecule is Brc1ccc(-c2nc3ccccc3c3cc4ccccn4c23)cc1.Brc1ccc(-c2nc3ccccc3c3cc4ccccn4c23)cc1.C.Nc1ccccc1-c1cc2ccccn2c1. The van der Waals surface area contributed by atoms with E-state index in [1.165, 1.54) is 38.1 Å². The van der Waals surface area contributed by atoms with Gasteiger partial charge in [0.05, 0.1) is 33.5 Å². The lowest BCUT2D eigenvalue weighted by Crippen LogP contribution is -1.91. The van der Waals surface area contributed by atoms with Crippen molar-refractivity contribution in [2.24, 2.45) is 0 Å². The van der Waals surface area contributed by atoms with Crippen LogP contribution >= 0.6 is 31.9 Å².